The Morgan fingerprint density at radius 1 is 1.20 bits per heavy atom. The van der Waals surface area contributed by atoms with E-state index in [1.807, 2.05) is 18.2 Å². The number of amides is 2. The van der Waals surface area contributed by atoms with Gasteiger partial charge in [-0.1, -0.05) is 18.2 Å². The fourth-order valence-electron chi connectivity index (χ4n) is 1.53. The monoisotopic (exact) mass is 279 g/mol. The summed E-state index contributed by atoms with van der Waals surface area (Å²) in [5, 5.41) is 14.1. The van der Waals surface area contributed by atoms with E-state index in [2.05, 4.69) is 10.6 Å². The van der Waals surface area contributed by atoms with Gasteiger partial charge in [-0.3, -0.25) is 9.59 Å². The Morgan fingerprint density at radius 3 is 2.40 bits per heavy atom. The second-order valence-electron chi connectivity index (χ2n) is 4.18. The van der Waals surface area contributed by atoms with Crippen molar-refractivity contribution in [3.63, 3.8) is 0 Å². The number of nitrogens with one attached hydrogen (secondary N) is 2. The van der Waals surface area contributed by atoms with Crippen molar-refractivity contribution in [1.29, 1.82) is 0 Å². The SMILES string of the molecule is NC(=O)CC[C@@H](NC(=O)CNc1ccccc1)C(=O)O. The number of nitrogens with two attached hydrogens (primary N) is 1. The highest BCUT2D eigenvalue weighted by atomic mass is 16.4. The van der Waals surface area contributed by atoms with Gasteiger partial charge in [-0.05, 0) is 18.6 Å². The Kier molecular flexibility index (Phi) is 6.02. The summed E-state index contributed by atoms with van der Waals surface area (Å²) in [7, 11) is 0. The number of benzene rings is 1. The number of anilines is 1. The van der Waals surface area contributed by atoms with Crippen molar-refractivity contribution in [2.45, 2.75) is 18.9 Å². The quantitative estimate of drug-likeness (QED) is 0.531. The molecule has 0 fully saturated rings. The minimum atomic E-state index is -1.20. The summed E-state index contributed by atoms with van der Waals surface area (Å²) in [6.45, 7) is -0.0512. The first-order valence-electron chi connectivity index (χ1n) is 6.08. The second kappa shape index (κ2) is 7.78. The summed E-state index contributed by atoms with van der Waals surface area (Å²) in [5.74, 6) is -2.27. The zero-order chi connectivity index (χ0) is 15.0. The van der Waals surface area contributed by atoms with E-state index in [0.29, 0.717) is 0 Å². The van der Waals surface area contributed by atoms with Gasteiger partial charge in [0.15, 0.2) is 0 Å². The number of carbonyl (C=O) groups excluding carboxylic acids is 2. The molecule has 2 amide bonds. The summed E-state index contributed by atoms with van der Waals surface area (Å²) in [6, 6.07) is 7.92. The van der Waals surface area contributed by atoms with Gasteiger partial charge in [-0.25, -0.2) is 4.79 Å². The molecule has 0 spiro atoms. The van der Waals surface area contributed by atoms with Gasteiger partial charge in [-0.15, -0.1) is 0 Å². The fraction of sp³-hybridized carbons (Fsp3) is 0.308. The molecular formula is C13H17N3O4. The third-order valence-corrected chi connectivity index (χ3v) is 2.54. The van der Waals surface area contributed by atoms with Crippen molar-refractivity contribution in [1.82, 2.24) is 5.32 Å². The van der Waals surface area contributed by atoms with Crippen LogP contribution in [0.1, 0.15) is 12.8 Å². The number of aliphatic carboxylic acids is 1. The van der Waals surface area contributed by atoms with Crippen LogP contribution in [0.2, 0.25) is 0 Å². The molecule has 7 heteroatoms. The molecule has 0 aliphatic carbocycles. The Morgan fingerprint density at radius 2 is 1.85 bits per heavy atom. The van der Waals surface area contributed by atoms with Crippen molar-refractivity contribution in [3.8, 4) is 0 Å². The van der Waals surface area contributed by atoms with Gasteiger partial charge in [0, 0.05) is 12.1 Å². The van der Waals surface area contributed by atoms with Gasteiger partial charge in [0.2, 0.25) is 11.8 Å². The molecule has 0 saturated heterocycles. The van der Waals surface area contributed by atoms with Crippen LogP contribution in [0.25, 0.3) is 0 Å². The van der Waals surface area contributed by atoms with E-state index < -0.39 is 23.8 Å². The van der Waals surface area contributed by atoms with Crippen LogP contribution in [0.15, 0.2) is 30.3 Å². The van der Waals surface area contributed by atoms with Crippen LogP contribution in [-0.2, 0) is 14.4 Å². The molecule has 5 N–H and O–H groups in total. The minimum Gasteiger partial charge on any atom is -0.480 e. The van der Waals surface area contributed by atoms with Crippen LogP contribution in [0.4, 0.5) is 5.69 Å². The van der Waals surface area contributed by atoms with Crippen LogP contribution in [-0.4, -0.2) is 35.5 Å². The average Bonchev–Trinajstić information content (AvgIpc) is 2.41. The van der Waals surface area contributed by atoms with Crippen LogP contribution in [0.3, 0.4) is 0 Å². The normalized spacial score (nSPS) is 11.4. The number of primary amides is 1. The van der Waals surface area contributed by atoms with E-state index in [-0.39, 0.29) is 19.4 Å². The van der Waals surface area contributed by atoms with Crippen LogP contribution < -0.4 is 16.4 Å². The molecule has 0 unspecified atom stereocenters. The number of hydrogen-bond acceptors (Lipinski definition) is 4. The maximum Gasteiger partial charge on any atom is 0.326 e. The molecule has 1 aromatic rings. The van der Waals surface area contributed by atoms with Gasteiger partial charge >= 0.3 is 5.97 Å². The highest BCUT2D eigenvalue weighted by molar-refractivity contribution is 5.86. The van der Waals surface area contributed by atoms with Gasteiger partial charge in [0.1, 0.15) is 6.04 Å². The Balaban J connectivity index is 2.41. The average molecular weight is 279 g/mol. The molecule has 1 atom stereocenters. The molecule has 0 bridgehead atoms. The summed E-state index contributed by atoms with van der Waals surface area (Å²) in [5.41, 5.74) is 5.71. The predicted octanol–water partition coefficient (Wildman–Crippen LogP) is -0.0666. The summed E-state index contributed by atoms with van der Waals surface area (Å²) < 4.78 is 0. The molecule has 0 saturated carbocycles. The smallest absolute Gasteiger partial charge is 0.326 e. The number of hydrogen-bond donors (Lipinski definition) is 4. The first-order chi connectivity index (χ1) is 9.49. The fourth-order valence-corrected chi connectivity index (χ4v) is 1.53. The Bertz CT molecular complexity index is 476. The van der Waals surface area contributed by atoms with E-state index in [4.69, 9.17) is 10.8 Å². The molecule has 108 valence electrons. The maximum atomic E-state index is 11.6. The molecule has 0 heterocycles. The lowest BCUT2D eigenvalue weighted by Crippen LogP contribution is -2.43. The topological polar surface area (TPSA) is 122 Å². The van der Waals surface area contributed by atoms with E-state index in [0.717, 1.165) is 5.69 Å². The van der Waals surface area contributed by atoms with Crippen molar-refractivity contribution in [2.24, 2.45) is 5.73 Å². The lowest BCUT2D eigenvalue weighted by molar-refractivity contribution is -0.141. The maximum absolute atomic E-state index is 11.6. The minimum absolute atomic E-state index is 0.0260. The summed E-state index contributed by atoms with van der Waals surface area (Å²) in [4.78, 5) is 33.2. The first-order valence-corrected chi connectivity index (χ1v) is 6.08. The number of carboxylic acid groups (broad SMARTS) is 1. The van der Waals surface area contributed by atoms with Crippen molar-refractivity contribution in [2.75, 3.05) is 11.9 Å². The van der Waals surface area contributed by atoms with Gasteiger partial charge < -0.3 is 21.5 Å². The van der Waals surface area contributed by atoms with Crippen molar-refractivity contribution >= 4 is 23.5 Å². The number of rotatable bonds is 8. The number of para-hydroxylation sites is 1. The van der Waals surface area contributed by atoms with Crippen molar-refractivity contribution in [3.05, 3.63) is 30.3 Å². The zero-order valence-electron chi connectivity index (χ0n) is 10.8. The number of carboxylic acids is 1. The molecule has 20 heavy (non-hydrogen) atoms. The largest absolute Gasteiger partial charge is 0.480 e. The van der Waals surface area contributed by atoms with Gasteiger partial charge in [-0.2, -0.15) is 0 Å². The van der Waals surface area contributed by atoms with E-state index in [1.54, 1.807) is 12.1 Å². The molecule has 0 aliphatic rings. The standard InChI is InChI=1S/C13H17N3O4/c14-11(17)7-6-10(13(19)20)16-12(18)8-15-9-4-2-1-3-5-9/h1-5,10,15H,6-8H2,(H2,14,17)(H,16,18)(H,19,20)/t10-/m1/s1. The number of carbonyl (C=O) groups is 3. The van der Waals surface area contributed by atoms with Crippen molar-refractivity contribution < 1.29 is 19.5 Å². The van der Waals surface area contributed by atoms with Crippen LogP contribution in [0.5, 0.6) is 0 Å². The third kappa shape index (κ3) is 5.85. The van der Waals surface area contributed by atoms with Crippen LogP contribution in [0, 0.1) is 0 Å². The van der Waals surface area contributed by atoms with E-state index in [1.165, 1.54) is 0 Å². The molecule has 7 nitrogen and oxygen atoms in total. The van der Waals surface area contributed by atoms with Gasteiger partial charge in [0.25, 0.3) is 0 Å². The third-order valence-electron chi connectivity index (χ3n) is 2.54. The predicted molar refractivity (Wildman–Crippen MR) is 72.9 cm³/mol. The zero-order valence-corrected chi connectivity index (χ0v) is 10.8. The second-order valence-corrected chi connectivity index (χ2v) is 4.18. The van der Waals surface area contributed by atoms with E-state index in [9.17, 15) is 14.4 Å². The molecule has 0 radical (unpaired) electrons. The lowest BCUT2D eigenvalue weighted by atomic mass is 10.1. The molecule has 0 aromatic heterocycles. The summed E-state index contributed by atoms with van der Waals surface area (Å²) >= 11 is 0. The Labute approximate surface area is 116 Å². The van der Waals surface area contributed by atoms with Crippen LogP contribution >= 0.6 is 0 Å². The highest BCUT2D eigenvalue weighted by Gasteiger charge is 2.20. The highest BCUT2D eigenvalue weighted by Crippen LogP contribution is 2.04. The molecule has 1 rings (SSSR count). The molecule has 1 aromatic carbocycles. The lowest BCUT2D eigenvalue weighted by Gasteiger charge is -2.14. The molecular weight excluding hydrogens is 262 g/mol. The first kappa shape index (κ1) is 15.5. The molecule has 0 aliphatic heterocycles. The summed E-state index contributed by atoms with van der Waals surface area (Å²) in [6.07, 6.45) is -0.120. The Hall–Kier alpha value is -2.57. The van der Waals surface area contributed by atoms with Gasteiger partial charge in [0.05, 0.1) is 6.54 Å². The van der Waals surface area contributed by atoms with E-state index >= 15 is 0 Å².